The zero-order valence-corrected chi connectivity index (χ0v) is 11.5. The normalized spacial score (nSPS) is 10.9. The lowest BCUT2D eigenvalue weighted by molar-refractivity contribution is 0.103. The van der Waals surface area contributed by atoms with Crippen LogP contribution in [0.3, 0.4) is 0 Å². The fraction of sp³-hybridized carbons (Fsp3) is 0.188. The van der Waals surface area contributed by atoms with E-state index in [0.29, 0.717) is 17.8 Å². The molecule has 0 saturated heterocycles. The number of hydrogen-bond donors (Lipinski definition) is 0. The van der Waals surface area contributed by atoms with E-state index in [2.05, 4.69) is 10.1 Å². The fourth-order valence-corrected chi connectivity index (χ4v) is 2.42. The molecule has 2 heterocycles. The minimum atomic E-state index is -0.00829. The number of carbonyl (C=O) groups is 1. The first-order valence-electron chi connectivity index (χ1n) is 6.62. The van der Waals surface area contributed by atoms with Crippen LogP contribution < -0.4 is 0 Å². The van der Waals surface area contributed by atoms with Gasteiger partial charge in [-0.15, -0.1) is 0 Å². The number of fused-ring (bicyclic) bond motifs is 1. The van der Waals surface area contributed by atoms with E-state index in [1.807, 2.05) is 44.2 Å². The minimum Gasteiger partial charge on any atom is -0.287 e. The van der Waals surface area contributed by atoms with Gasteiger partial charge >= 0.3 is 0 Å². The number of benzene rings is 1. The van der Waals surface area contributed by atoms with Gasteiger partial charge in [-0.05, 0) is 31.4 Å². The van der Waals surface area contributed by atoms with Gasteiger partial charge in [-0.1, -0.05) is 18.2 Å². The van der Waals surface area contributed by atoms with Gasteiger partial charge in [0, 0.05) is 29.9 Å². The van der Waals surface area contributed by atoms with Gasteiger partial charge in [0.1, 0.15) is 5.69 Å². The number of pyridine rings is 1. The van der Waals surface area contributed by atoms with E-state index in [-0.39, 0.29) is 5.78 Å². The van der Waals surface area contributed by atoms with Gasteiger partial charge in [0.2, 0.25) is 5.78 Å². The molecule has 4 heteroatoms. The molecule has 2 aromatic heterocycles. The predicted octanol–water partition coefficient (Wildman–Crippen LogP) is 2.99. The molecule has 0 aliphatic rings. The van der Waals surface area contributed by atoms with Gasteiger partial charge in [0.25, 0.3) is 0 Å². The van der Waals surface area contributed by atoms with Crippen molar-refractivity contribution in [1.29, 1.82) is 0 Å². The average molecular weight is 265 g/mol. The van der Waals surface area contributed by atoms with Crippen molar-refractivity contribution in [3.05, 3.63) is 59.7 Å². The van der Waals surface area contributed by atoms with Gasteiger partial charge in [-0.3, -0.25) is 14.5 Å². The maximum Gasteiger partial charge on any atom is 0.211 e. The summed E-state index contributed by atoms with van der Waals surface area (Å²) in [6.07, 6.45) is 3.47. The molecule has 20 heavy (non-hydrogen) atoms. The predicted molar refractivity (Wildman–Crippen MR) is 77.8 cm³/mol. The first-order valence-corrected chi connectivity index (χ1v) is 6.62. The van der Waals surface area contributed by atoms with Crippen molar-refractivity contribution < 1.29 is 4.79 Å². The van der Waals surface area contributed by atoms with E-state index in [0.717, 1.165) is 16.5 Å². The van der Waals surface area contributed by atoms with Crippen LogP contribution >= 0.6 is 0 Å². The van der Waals surface area contributed by atoms with E-state index in [1.165, 1.54) is 0 Å². The smallest absolute Gasteiger partial charge is 0.211 e. The Kier molecular flexibility index (Phi) is 3.06. The molecule has 0 bridgehead atoms. The minimum absolute atomic E-state index is 0.00829. The average Bonchev–Trinajstić information content (AvgIpc) is 2.87. The van der Waals surface area contributed by atoms with Crippen LogP contribution in [0.2, 0.25) is 0 Å². The van der Waals surface area contributed by atoms with E-state index in [4.69, 9.17) is 0 Å². The Morgan fingerprint density at radius 3 is 2.95 bits per heavy atom. The van der Waals surface area contributed by atoms with E-state index >= 15 is 0 Å². The summed E-state index contributed by atoms with van der Waals surface area (Å²) in [6, 6.07) is 9.47. The van der Waals surface area contributed by atoms with E-state index < -0.39 is 0 Å². The molecule has 0 radical (unpaired) electrons. The topological polar surface area (TPSA) is 47.8 Å². The molecule has 0 atom stereocenters. The largest absolute Gasteiger partial charge is 0.287 e. The quantitative estimate of drug-likeness (QED) is 0.684. The Hall–Kier alpha value is -2.49. The molecule has 100 valence electrons. The number of aryl methyl sites for hydroxylation is 2. The van der Waals surface area contributed by atoms with Crippen molar-refractivity contribution in [2.45, 2.75) is 20.4 Å². The molecular formula is C16H15N3O. The fourth-order valence-electron chi connectivity index (χ4n) is 2.42. The summed E-state index contributed by atoms with van der Waals surface area (Å²) in [6.45, 7) is 4.55. The first-order chi connectivity index (χ1) is 9.70. The van der Waals surface area contributed by atoms with Crippen LogP contribution in [0.15, 0.2) is 42.7 Å². The van der Waals surface area contributed by atoms with Gasteiger partial charge < -0.3 is 0 Å². The number of nitrogens with zero attached hydrogens (tertiary/aromatic N) is 3. The molecule has 3 rings (SSSR count). The summed E-state index contributed by atoms with van der Waals surface area (Å²) in [5.41, 5.74) is 2.15. The zero-order valence-electron chi connectivity index (χ0n) is 11.5. The monoisotopic (exact) mass is 265 g/mol. The van der Waals surface area contributed by atoms with Gasteiger partial charge in [-0.2, -0.15) is 5.10 Å². The molecule has 0 aliphatic carbocycles. The van der Waals surface area contributed by atoms with Gasteiger partial charge in [0.05, 0.1) is 5.69 Å². The molecule has 0 fully saturated rings. The number of carbonyl (C=O) groups excluding carboxylic acids is 1. The van der Waals surface area contributed by atoms with E-state index in [9.17, 15) is 4.79 Å². The molecular weight excluding hydrogens is 250 g/mol. The third-order valence-electron chi connectivity index (χ3n) is 3.36. The Morgan fingerprint density at radius 2 is 2.15 bits per heavy atom. The lowest BCUT2D eigenvalue weighted by Crippen LogP contribution is -2.11. The van der Waals surface area contributed by atoms with Gasteiger partial charge in [0.15, 0.2) is 0 Å². The second kappa shape index (κ2) is 4.89. The van der Waals surface area contributed by atoms with Crippen molar-refractivity contribution in [3.8, 4) is 0 Å². The van der Waals surface area contributed by atoms with Crippen LogP contribution in [0.25, 0.3) is 10.8 Å². The summed E-state index contributed by atoms with van der Waals surface area (Å²) in [5.74, 6) is -0.00829. The van der Waals surface area contributed by atoms with Crippen LogP contribution in [-0.4, -0.2) is 20.5 Å². The first kappa shape index (κ1) is 12.5. The molecule has 0 saturated carbocycles. The summed E-state index contributed by atoms with van der Waals surface area (Å²) < 4.78 is 1.74. The molecule has 3 aromatic rings. The van der Waals surface area contributed by atoms with Gasteiger partial charge in [-0.25, -0.2) is 0 Å². The second-order valence-electron chi connectivity index (χ2n) is 4.72. The maximum absolute atomic E-state index is 12.8. The van der Waals surface area contributed by atoms with Crippen molar-refractivity contribution in [3.63, 3.8) is 0 Å². The van der Waals surface area contributed by atoms with Crippen LogP contribution in [0.5, 0.6) is 0 Å². The Morgan fingerprint density at radius 1 is 1.30 bits per heavy atom. The summed E-state index contributed by atoms with van der Waals surface area (Å²) in [4.78, 5) is 16.9. The van der Waals surface area contributed by atoms with Crippen LogP contribution in [0, 0.1) is 6.92 Å². The Labute approximate surface area is 117 Å². The number of ketones is 1. The second-order valence-corrected chi connectivity index (χ2v) is 4.72. The lowest BCUT2D eigenvalue weighted by Gasteiger charge is -2.06. The van der Waals surface area contributed by atoms with E-state index in [1.54, 1.807) is 17.1 Å². The lowest BCUT2D eigenvalue weighted by atomic mass is 10.0. The highest BCUT2D eigenvalue weighted by Crippen LogP contribution is 2.21. The summed E-state index contributed by atoms with van der Waals surface area (Å²) in [7, 11) is 0. The zero-order chi connectivity index (χ0) is 14.1. The highest BCUT2D eigenvalue weighted by atomic mass is 16.1. The molecule has 0 amide bonds. The van der Waals surface area contributed by atoms with Crippen LogP contribution in [0.1, 0.15) is 28.7 Å². The molecule has 0 spiro atoms. The van der Waals surface area contributed by atoms with Crippen molar-refractivity contribution in [2.24, 2.45) is 0 Å². The molecule has 0 aliphatic heterocycles. The highest BCUT2D eigenvalue weighted by Gasteiger charge is 2.17. The molecule has 0 unspecified atom stereocenters. The molecule has 0 N–H and O–H groups in total. The third kappa shape index (κ3) is 1.99. The highest BCUT2D eigenvalue weighted by molar-refractivity contribution is 6.15. The molecule has 4 nitrogen and oxygen atoms in total. The van der Waals surface area contributed by atoms with Crippen LogP contribution in [-0.2, 0) is 6.54 Å². The molecule has 1 aromatic carbocycles. The van der Waals surface area contributed by atoms with Crippen molar-refractivity contribution in [1.82, 2.24) is 14.8 Å². The SMILES string of the molecule is CCn1nc(C)cc1C(=O)c1cccc2ccncc12. The summed E-state index contributed by atoms with van der Waals surface area (Å²) in [5, 5.41) is 6.23. The number of rotatable bonds is 3. The maximum atomic E-state index is 12.8. The van der Waals surface area contributed by atoms with Crippen LogP contribution in [0.4, 0.5) is 0 Å². The standard InChI is InChI=1S/C16H15N3O/c1-3-19-15(9-11(2)18-19)16(20)13-6-4-5-12-7-8-17-10-14(12)13/h4-10H,3H2,1-2H3. The van der Waals surface area contributed by atoms with Crippen molar-refractivity contribution >= 4 is 16.6 Å². The number of hydrogen-bond acceptors (Lipinski definition) is 3. The Balaban J connectivity index is 2.17. The number of aromatic nitrogens is 3. The Bertz CT molecular complexity index is 784. The third-order valence-corrected chi connectivity index (χ3v) is 3.36. The summed E-state index contributed by atoms with van der Waals surface area (Å²) >= 11 is 0. The van der Waals surface area contributed by atoms with Crippen molar-refractivity contribution in [2.75, 3.05) is 0 Å².